The van der Waals surface area contributed by atoms with Crippen LogP contribution in [0.15, 0.2) is 87.8 Å². The number of hydrogen-bond acceptors (Lipinski definition) is 5. The van der Waals surface area contributed by atoms with Gasteiger partial charge in [0.15, 0.2) is 5.16 Å². The second kappa shape index (κ2) is 9.69. The number of hydrazone groups is 1. The van der Waals surface area contributed by atoms with Crippen molar-refractivity contribution in [3.8, 4) is 0 Å². The van der Waals surface area contributed by atoms with E-state index in [9.17, 15) is 9.59 Å². The van der Waals surface area contributed by atoms with Gasteiger partial charge in [0, 0.05) is 13.0 Å². The number of thioether (sulfide) groups is 1. The van der Waals surface area contributed by atoms with Crippen LogP contribution < -0.4 is 5.69 Å². The number of carbonyl (C=O) groups excluding carboxylic acids is 1. The Kier molecular flexibility index (Phi) is 6.31. The quantitative estimate of drug-likeness (QED) is 0.399. The molecule has 7 nitrogen and oxygen atoms in total. The number of aromatic amines is 1. The third kappa shape index (κ3) is 4.41. The normalized spacial score (nSPS) is 15.6. The minimum absolute atomic E-state index is 0.117. The van der Waals surface area contributed by atoms with Crippen molar-refractivity contribution in [1.82, 2.24) is 19.8 Å². The van der Waals surface area contributed by atoms with Crippen LogP contribution in [0, 0.1) is 0 Å². The summed E-state index contributed by atoms with van der Waals surface area (Å²) in [7, 11) is 0. The molecule has 1 unspecified atom stereocenters. The summed E-state index contributed by atoms with van der Waals surface area (Å²) in [6.45, 7) is 2.56. The van der Waals surface area contributed by atoms with Gasteiger partial charge in [0.05, 0.1) is 17.5 Å². The van der Waals surface area contributed by atoms with Crippen LogP contribution in [0.25, 0.3) is 10.8 Å². The molecule has 0 bridgehead atoms. The zero-order chi connectivity index (χ0) is 23.5. The van der Waals surface area contributed by atoms with E-state index < -0.39 is 0 Å². The molecule has 1 amide bonds. The molecule has 5 rings (SSSR count). The maximum atomic E-state index is 13.3. The Morgan fingerprint density at radius 3 is 2.62 bits per heavy atom. The standard InChI is InChI=1S/C26H25N5O2S/c1-2-14-30-25(33)27-28-26(30)34-17-24(32)31-23(19-9-4-3-5-10-19)16-22(29-31)21-13-12-18-8-6-7-11-20(18)15-21/h3-13,15,23H,2,14,16-17H2,1H3,(H,27,33). The van der Waals surface area contributed by atoms with Gasteiger partial charge in [0.25, 0.3) is 5.91 Å². The minimum Gasteiger partial charge on any atom is -0.272 e. The summed E-state index contributed by atoms with van der Waals surface area (Å²) in [4.78, 5) is 25.3. The first-order valence-electron chi connectivity index (χ1n) is 11.4. The summed E-state index contributed by atoms with van der Waals surface area (Å²) >= 11 is 1.26. The lowest BCUT2D eigenvalue weighted by molar-refractivity contribution is -0.130. The lowest BCUT2D eigenvalue weighted by Gasteiger charge is -2.21. The van der Waals surface area contributed by atoms with E-state index in [2.05, 4.69) is 40.5 Å². The summed E-state index contributed by atoms with van der Waals surface area (Å²) in [6, 6.07) is 24.3. The van der Waals surface area contributed by atoms with Crippen molar-refractivity contribution in [1.29, 1.82) is 0 Å². The van der Waals surface area contributed by atoms with Gasteiger partial charge in [-0.3, -0.25) is 9.36 Å². The summed E-state index contributed by atoms with van der Waals surface area (Å²) < 4.78 is 1.57. The molecule has 0 fully saturated rings. The summed E-state index contributed by atoms with van der Waals surface area (Å²) in [5, 5.41) is 15.8. The number of amides is 1. The van der Waals surface area contributed by atoms with Crippen LogP contribution in [0.3, 0.4) is 0 Å². The van der Waals surface area contributed by atoms with Crippen LogP contribution in [0.2, 0.25) is 0 Å². The molecule has 172 valence electrons. The number of nitrogens with zero attached hydrogens (tertiary/aromatic N) is 4. The zero-order valence-corrected chi connectivity index (χ0v) is 19.7. The van der Waals surface area contributed by atoms with Crippen LogP contribution in [0.4, 0.5) is 0 Å². The van der Waals surface area contributed by atoms with Crippen molar-refractivity contribution in [2.75, 3.05) is 5.75 Å². The number of H-pyrrole nitrogens is 1. The molecule has 34 heavy (non-hydrogen) atoms. The van der Waals surface area contributed by atoms with Crippen LogP contribution in [-0.4, -0.2) is 37.1 Å². The SMILES string of the molecule is CCCn1c(SCC(=O)N2N=C(c3ccc4ccccc4c3)CC2c2ccccc2)n[nH]c1=O. The molecular formula is C26H25N5O2S. The van der Waals surface area contributed by atoms with Crippen molar-refractivity contribution < 1.29 is 4.79 Å². The average Bonchev–Trinajstić information content (AvgIpc) is 3.47. The predicted octanol–water partition coefficient (Wildman–Crippen LogP) is 4.60. The Bertz CT molecular complexity index is 1410. The van der Waals surface area contributed by atoms with Gasteiger partial charge in [-0.05, 0) is 34.4 Å². The fourth-order valence-corrected chi connectivity index (χ4v) is 5.07. The Morgan fingerprint density at radius 2 is 1.82 bits per heavy atom. The van der Waals surface area contributed by atoms with Gasteiger partial charge in [0.2, 0.25) is 0 Å². The fraction of sp³-hybridized carbons (Fsp3) is 0.231. The van der Waals surface area contributed by atoms with Gasteiger partial charge in [0.1, 0.15) is 0 Å². The van der Waals surface area contributed by atoms with Gasteiger partial charge in [-0.15, -0.1) is 5.10 Å². The number of hydrogen-bond donors (Lipinski definition) is 1. The van der Waals surface area contributed by atoms with Gasteiger partial charge in [-0.1, -0.05) is 85.4 Å². The van der Waals surface area contributed by atoms with E-state index in [0.29, 0.717) is 18.1 Å². The summed E-state index contributed by atoms with van der Waals surface area (Å²) in [5.41, 5.74) is 2.70. The van der Waals surface area contributed by atoms with Crippen molar-refractivity contribution in [3.63, 3.8) is 0 Å². The highest BCUT2D eigenvalue weighted by Gasteiger charge is 2.33. The van der Waals surface area contributed by atoms with Crippen LogP contribution in [0.1, 0.15) is 36.9 Å². The smallest absolute Gasteiger partial charge is 0.272 e. The van der Waals surface area contributed by atoms with E-state index in [1.54, 1.807) is 9.58 Å². The monoisotopic (exact) mass is 471 g/mol. The number of aromatic nitrogens is 3. The summed E-state index contributed by atoms with van der Waals surface area (Å²) in [6.07, 6.45) is 1.45. The molecule has 8 heteroatoms. The van der Waals surface area contributed by atoms with Gasteiger partial charge in [-0.25, -0.2) is 14.9 Å². The number of rotatable bonds is 7. The number of benzene rings is 3. The molecule has 2 heterocycles. The van der Waals surface area contributed by atoms with E-state index in [-0.39, 0.29) is 23.4 Å². The van der Waals surface area contributed by atoms with Gasteiger partial charge >= 0.3 is 5.69 Å². The molecule has 1 aliphatic rings. The number of nitrogens with one attached hydrogen (secondary N) is 1. The molecule has 0 radical (unpaired) electrons. The second-order valence-corrected chi connectivity index (χ2v) is 9.17. The fourth-order valence-electron chi connectivity index (χ4n) is 4.25. The zero-order valence-electron chi connectivity index (χ0n) is 18.8. The maximum absolute atomic E-state index is 13.3. The van der Waals surface area contributed by atoms with Crippen LogP contribution in [-0.2, 0) is 11.3 Å². The molecule has 1 aromatic heterocycles. The van der Waals surface area contributed by atoms with E-state index in [4.69, 9.17) is 5.10 Å². The highest BCUT2D eigenvalue weighted by Crippen LogP contribution is 2.34. The molecule has 0 saturated carbocycles. The van der Waals surface area contributed by atoms with E-state index >= 15 is 0 Å². The summed E-state index contributed by atoms with van der Waals surface area (Å²) in [5.74, 6) is 0.0272. The molecule has 1 aliphatic heterocycles. The molecule has 0 saturated heterocycles. The Balaban J connectivity index is 1.42. The van der Waals surface area contributed by atoms with E-state index in [0.717, 1.165) is 28.6 Å². The van der Waals surface area contributed by atoms with Crippen LogP contribution >= 0.6 is 11.8 Å². The highest BCUT2D eigenvalue weighted by atomic mass is 32.2. The predicted molar refractivity (Wildman–Crippen MR) is 135 cm³/mol. The molecule has 4 aromatic rings. The van der Waals surface area contributed by atoms with Crippen molar-refractivity contribution in [2.45, 2.75) is 37.5 Å². The van der Waals surface area contributed by atoms with Crippen molar-refractivity contribution >= 4 is 34.2 Å². The van der Waals surface area contributed by atoms with E-state index in [1.807, 2.05) is 49.4 Å². The molecule has 0 aliphatic carbocycles. The lowest BCUT2D eigenvalue weighted by atomic mass is 9.97. The molecule has 3 aromatic carbocycles. The largest absolute Gasteiger partial charge is 0.343 e. The molecule has 0 spiro atoms. The van der Waals surface area contributed by atoms with Crippen molar-refractivity contribution in [3.05, 3.63) is 94.4 Å². The number of fused-ring (bicyclic) bond motifs is 1. The first kappa shape index (κ1) is 22.2. The Labute approximate surface area is 201 Å². The van der Waals surface area contributed by atoms with Gasteiger partial charge < -0.3 is 0 Å². The topological polar surface area (TPSA) is 83.3 Å². The highest BCUT2D eigenvalue weighted by molar-refractivity contribution is 7.99. The van der Waals surface area contributed by atoms with Gasteiger partial charge in [-0.2, -0.15) is 5.10 Å². The van der Waals surface area contributed by atoms with Crippen molar-refractivity contribution in [2.24, 2.45) is 5.10 Å². The van der Waals surface area contributed by atoms with E-state index in [1.165, 1.54) is 17.1 Å². The average molecular weight is 472 g/mol. The first-order chi connectivity index (χ1) is 16.6. The van der Waals surface area contributed by atoms with Crippen LogP contribution in [0.5, 0.6) is 0 Å². The minimum atomic E-state index is -0.253. The third-order valence-electron chi connectivity index (χ3n) is 5.93. The molecular weight excluding hydrogens is 446 g/mol. The maximum Gasteiger partial charge on any atom is 0.343 e. The molecule has 1 atom stereocenters. The lowest BCUT2D eigenvalue weighted by Crippen LogP contribution is -2.28. The third-order valence-corrected chi connectivity index (χ3v) is 6.89. The molecule has 1 N–H and O–H groups in total. The first-order valence-corrected chi connectivity index (χ1v) is 12.3. The Morgan fingerprint density at radius 1 is 1.06 bits per heavy atom. The second-order valence-electron chi connectivity index (χ2n) is 8.23. The number of carbonyl (C=O) groups is 1. The Hall–Kier alpha value is -3.65.